The molecule has 0 amide bonds. The Balaban J connectivity index is 2.13. The third-order valence-electron chi connectivity index (χ3n) is 3.39. The Morgan fingerprint density at radius 2 is 1.64 bits per heavy atom. The third kappa shape index (κ3) is 4.49. The van der Waals surface area contributed by atoms with Crippen LogP contribution in [0, 0.1) is 10.1 Å². The topological polar surface area (TPSA) is 69.4 Å². The quantitative estimate of drug-likeness (QED) is 0.427. The fraction of sp³-hybridized carbons (Fsp3) is 0.235. The summed E-state index contributed by atoms with van der Waals surface area (Å²) in [5.41, 5.74) is 1.65. The molecule has 2 aromatic carbocycles. The zero-order valence-corrected chi connectivity index (χ0v) is 12.0. The molecule has 2 atom stereocenters. The van der Waals surface area contributed by atoms with Gasteiger partial charge in [-0.1, -0.05) is 60.7 Å². The minimum absolute atomic E-state index is 0.241. The first kappa shape index (κ1) is 15.9. The molecule has 0 fully saturated rings. The predicted molar refractivity (Wildman–Crippen MR) is 82.1 cm³/mol. The Morgan fingerprint density at radius 1 is 1.05 bits per heavy atom. The van der Waals surface area contributed by atoms with Gasteiger partial charge in [0, 0.05) is 4.92 Å². The molecular weight excluding hydrogens is 282 g/mol. The van der Waals surface area contributed by atoms with E-state index in [2.05, 4.69) is 0 Å². The number of carbonyl (C=O) groups is 1. The minimum Gasteiger partial charge on any atom is -0.365 e. The molecule has 0 unspecified atom stereocenters. The molecule has 0 spiro atoms. The molecule has 0 aliphatic rings. The lowest BCUT2D eigenvalue weighted by Gasteiger charge is -2.20. The zero-order chi connectivity index (χ0) is 15.8. The lowest BCUT2D eigenvalue weighted by atomic mass is 9.94. The Bertz CT molecular complexity index is 601. The molecule has 0 saturated heterocycles. The lowest BCUT2D eigenvalue weighted by molar-refractivity contribution is -0.485. The van der Waals surface area contributed by atoms with Crippen LogP contribution in [0.25, 0.3) is 0 Å². The molecule has 0 aliphatic carbocycles. The van der Waals surface area contributed by atoms with Gasteiger partial charge in [-0.3, -0.25) is 10.1 Å². The highest BCUT2D eigenvalue weighted by Crippen LogP contribution is 2.22. The normalized spacial score (nSPS) is 13.3. The predicted octanol–water partition coefficient (Wildman–Crippen LogP) is 2.83. The Morgan fingerprint density at radius 3 is 2.18 bits per heavy atom. The average molecular weight is 299 g/mol. The van der Waals surface area contributed by atoms with Crippen LogP contribution in [0.2, 0.25) is 0 Å². The number of carbonyl (C=O) groups excluding carboxylic acids is 1. The van der Waals surface area contributed by atoms with E-state index in [1.807, 2.05) is 36.4 Å². The molecule has 0 radical (unpaired) electrons. The Hall–Kier alpha value is -2.53. The number of nitro groups is 1. The van der Waals surface area contributed by atoms with E-state index in [1.54, 1.807) is 24.3 Å². The Labute approximate surface area is 128 Å². The summed E-state index contributed by atoms with van der Waals surface area (Å²) in [6.07, 6.45) is -0.211. The molecule has 2 rings (SSSR count). The molecule has 0 heterocycles. The minimum atomic E-state index is -0.854. The SMILES string of the molecule is O=C[C@H](OCc1ccccc1)[C@H](C[N+](=O)[O-])c1ccccc1. The largest absolute Gasteiger partial charge is 0.365 e. The second-order valence-corrected chi connectivity index (χ2v) is 4.93. The van der Waals surface area contributed by atoms with Crippen LogP contribution in [-0.4, -0.2) is 23.9 Å². The van der Waals surface area contributed by atoms with Crippen molar-refractivity contribution in [3.63, 3.8) is 0 Å². The van der Waals surface area contributed by atoms with Crippen molar-refractivity contribution >= 4 is 6.29 Å². The van der Waals surface area contributed by atoms with Gasteiger partial charge in [0.1, 0.15) is 12.4 Å². The van der Waals surface area contributed by atoms with Crippen molar-refractivity contribution in [1.29, 1.82) is 0 Å². The summed E-state index contributed by atoms with van der Waals surface area (Å²) in [5, 5.41) is 10.9. The van der Waals surface area contributed by atoms with Gasteiger partial charge >= 0.3 is 0 Å². The van der Waals surface area contributed by atoms with Crippen molar-refractivity contribution in [3.8, 4) is 0 Å². The molecule has 0 aliphatic heterocycles. The summed E-state index contributed by atoms with van der Waals surface area (Å²) in [7, 11) is 0. The number of nitrogens with zero attached hydrogens (tertiary/aromatic N) is 1. The summed E-state index contributed by atoms with van der Waals surface area (Å²) >= 11 is 0. The molecule has 5 nitrogen and oxygen atoms in total. The fourth-order valence-electron chi connectivity index (χ4n) is 2.28. The molecular formula is C17H17NO4. The molecule has 0 saturated carbocycles. The van der Waals surface area contributed by atoms with E-state index in [4.69, 9.17) is 4.74 Å². The molecule has 114 valence electrons. The number of aldehydes is 1. The smallest absolute Gasteiger partial charge is 0.213 e. The van der Waals surface area contributed by atoms with Crippen LogP contribution < -0.4 is 0 Å². The van der Waals surface area contributed by atoms with Crippen molar-refractivity contribution in [1.82, 2.24) is 0 Å². The van der Waals surface area contributed by atoms with Crippen LogP contribution >= 0.6 is 0 Å². The first-order chi connectivity index (χ1) is 10.7. The van der Waals surface area contributed by atoms with Crippen LogP contribution in [-0.2, 0) is 16.1 Å². The van der Waals surface area contributed by atoms with Gasteiger partial charge in [-0.25, -0.2) is 0 Å². The van der Waals surface area contributed by atoms with Crippen LogP contribution in [0.4, 0.5) is 0 Å². The van der Waals surface area contributed by atoms with Crippen LogP contribution in [0.15, 0.2) is 60.7 Å². The monoisotopic (exact) mass is 299 g/mol. The highest BCUT2D eigenvalue weighted by Gasteiger charge is 2.28. The molecule has 5 heteroatoms. The van der Waals surface area contributed by atoms with Gasteiger partial charge < -0.3 is 9.53 Å². The molecule has 2 aromatic rings. The van der Waals surface area contributed by atoms with E-state index in [0.717, 1.165) is 11.1 Å². The highest BCUT2D eigenvalue weighted by molar-refractivity contribution is 5.58. The van der Waals surface area contributed by atoms with E-state index >= 15 is 0 Å². The molecule has 0 bridgehead atoms. The average Bonchev–Trinajstić information content (AvgIpc) is 2.56. The fourth-order valence-corrected chi connectivity index (χ4v) is 2.28. The van der Waals surface area contributed by atoms with Crippen molar-refractivity contribution in [2.24, 2.45) is 0 Å². The van der Waals surface area contributed by atoms with Gasteiger partial charge in [-0.2, -0.15) is 0 Å². The maximum absolute atomic E-state index is 11.4. The maximum Gasteiger partial charge on any atom is 0.213 e. The van der Waals surface area contributed by atoms with E-state index in [9.17, 15) is 14.9 Å². The zero-order valence-electron chi connectivity index (χ0n) is 12.0. The van der Waals surface area contributed by atoms with Gasteiger partial charge in [-0.05, 0) is 11.1 Å². The maximum atomic E-state index is 11.4. The van der Waals surface area contributed by atoms with Crippen molar-refractivity contribution < 1.29 is 14.5 Å². The van der Waals surface area contributed by atoms with Crippen LogP contribution in [0.5, 0.6) is 0 Å². The summed E-state index contributed by atoms with van der Waals surface area (Å²) < 4.78 is 5.62. The lowest BCUT2D eigenvalue weighted by Crippen LogP contribution is -2.29. The standard InChI is InChI=1S/C17H17NO4/c19-12-17(22-13-14-7-3-1-4-8-14)16(11-18(20)21)15-9-5-2-6-10-15/h1-10,12,16-17H,11,13H2/t16-,17+/m1/s1. The van der Waals surface area contributed by atoms with E-state index < -0.39 is 16.9 Å². The summed E-state index contributed by atoms with van der Waals surface area (Å²) in [4.78, 5) is 21.9. The highest BCUT2D eigenvalue weighted by atomic mass is 16.6. The van der Waals surface area contributed by atoms with Crippen molar-refractivity contribution in [2.45, 2.75) is 18.6 Å². The molecule has 0 aromatic heterocycles. The molecule has 0 N–H and O–H groups in total. The van der Waals surface area contributed by atoms with Crippen molar-refractivity contribution in [3.05, 3.63) is 81.9 Å². The number of hydrogen-bond donors (Lipinski definition) is 0. The van der Waals surface area contributed by atoms with Gasteiger partial charge in [0.2, 0.25) is 6.54 Å². The number of rotatable bonds is 8. The third-order valence-corrected chi connectivity index (χ3v) is 3.39. The second-order valence-electron chi connectivity index (χ2n) is 4.93. The van der Waals surface area contributed by atoms with Gasteiger partial charge in [0.15, 0.2) is 0 Å². The van der Waals surface area contributed by atoms with Gasteiger partial charge in [-0.15, -0.1) is 0 Å². The van der Waals surface area contributed by atoms with E-state index in [1.165, 1.54) is 0 Å². The van der Waals surface area contributed by atoms with Gasteiger partial charge in [0.25, 0.3) is 0 Å². The first-order valence-electron chi connectivity index (χ1n) is 6.98. The Kier molecular flexibility index (Phi) is 5.80. The second kappa shape index (κ2) is 8.05. The van der Waals surface area contributed by atoms with Crippen molar-refractivity contribution in [2.75, 3.05) is 6.54 Å². The number of hydrogen-bond acceptors (Lipinski definition) is 4. The summed E-state index contributed by atoms with van der Waals surface area (Å²) in [6.45, 7) is -0.104. The number of ether oxygens (including phenoxy) is 1. The molecule has 22 heavy (non-hydrogen) atoms. The summed E-state index contributed by atoms with van der Waals surface area (Å²) in [6, 6.07) is 18.4. The van der Waals surface area contributed by atoms with Gasteiger partial charge in [0.05, 0.1) is 12.5 Å². The van der Waals surface area contributed by atoms with Crippen LogP contribution in [0.1, 0.15) is 17.0 Å². The number of benzene rings is 2. The first-order valence-corrected chi connectivity index (χ1v) is 6.98. The summed E-state index contributed by atoms with van der Waals surface area (Å²) in [5.74, 6) is -0.600. The van der Waals surface area contributed by atoms with E-state index in [0.29, 0.717) is 6.29 Å². The van der Waals surface area contributed by atoms with Crippen LogP contribution in [0.3, 0.4) is 0 Å². The van der Waals surface area contributed by atoms with E-state index in [-0.39, 0.29) is 13.2 Å².